The molecule has 2 unspecified atom stereocenters. The molecule has 10 heteroatoms. The highest BCUT2D eigenvalue weighted by molar-refractivity contribution is 5.76. The van der Waals surface area contributed by atoms with E-state index in [1.807, 2.05) is 23.1 Å². The van der Waals surface area contributed by atoms with E-state index in [0.717, 1.165) is 50.5 Å². The molecule has 250 valence electrons. The zero-order valence-electron chi connectivity index (χ0n) is 27.5. The van der Waals surface area contributed by atoms with Crippen molar-refractivity contribution in [1.82, 2.24) is 4.90 Å². The Morgan fingerprint density at radius 1 is 1.04 bits per heavy atom. The number of nitrogens with zero attached hydrogens (tertiary/aromatic N) is 2. The molecule has 0 spiro atoms. The summed E-state index contributed by atoms with van der Waals surface area (Å²) >= 11 is 0. The van der Waals surface area contributed by atoms with Gasteiger partial charge in [0, 0.05) is 44.9 Å². The summed E-state index contributed by atoms with van der Waals surface area (Å²) in [5.74, 6) is 0.468. The van der Waals surface area contributed by atoms with Crippen LogP contribution in [0.25, 0.3) is 0 Å². The lowest BCUT2D eigenvalue weighted by Gasteiger charge is -2.40. The van der Waals surface area contributed by atoms with Crippen LogP contribution in [-0.2, 0) is 9.47 Å². The molecule has 2 aromatic carbocycles. The number of nitrogens with one attached hydrogen (secondary N) is 1. The highest BCUT2D eigenvalue weighted by Gasteiger charge is 2.37. The van der Waals surface area contributed by atoms with E-state index in [1.54, 1.807) is 27.9 Å². The summed E-state index contributed by atoms with van der Waals surface area (Å²) in [4.78, 5) is 41.5. The lowest BCUT2D eigenvalue weighted by molar-refractivity contribution is -0.00236. The van der Waals surface area contributed by atoms with Gasteiger partial charge in [0.15, 0.2) is 0 Å². The lowest BCUT2D eigenvalue weighted by Crippen LogP contribution is -2.53. The number of carboxylic acid groups (broad SMARTS) is 1. The summed E-state index contributed by atoms with van der Waals surface area (Å²) in [7, 11) is 1.68. The molecule has 0 radical (unpaired) electrons. The number of anilines is 2. The zero-order valence-corrected chi connectivity index (χ0v) is 27.5. The van der Waals surface area contributed by atoms with Crippen molar-refractivity contribution in [3.63, 3.8) is 0 Å². The van der Waals surface area contributed by atoms with E-state index in [-0.39, 0.29) is 24.3 Å². The number of hydrogen-bond acceptors (Lipinski definition) is 8. The molecule has 1 aliphatic heterocycles. The van der Waals surface area contributed by atoms with Crippen molar-refractivity contribution >= 4 is 17.5 Å². The van der Waals surface area contributed by atoms with Crippen LogP contribution in [0.1, 0.15) is 90.2 Å². The minimum atomic E-state index is -1.11. The molecule has 3 N–H and O–H groups in total. The molecule has 1 amide bonds. The van der Waals surface area contributed by atoms with Crippen LogP contribution in [0.15, 0.2) is 39.9 Å². The molecule has 4 rings (SSSR count). The molecule has 10 nitrogen and oxygen atoms in total. The molecule has 1 saturated heterocycles. The number of ether oxygens (including phenoxy) is 2. The summed E-state index contributed by atoms with van der Waals surface area (Å²) in [6.45, 7) is 7.67. The number of methoxy groups -OCH3 is 1. The third-order valence-corrected chi connectivity index (χ3v) is 9.52. The predicted molar refractivity (Wildman–Crippen MR) is 177 cm³/mol. The van der Waals surface area contributed by atoms with Crippen LogP contribution in [0.2, 0.25) is 0 Å². The molecular weight excluding hydrogens is 574 g/mol. The van der Waals surface area contributed by atoms with E-state index >= 15 is 0 Å². The fourth-order valence-electron chi connectivity index (χ4n) is 7.07. The Labute approximate surface area is 267 Å². The van der Waals surface area contributed by atoms with Crippen molar-refractivity contribution in [2.24, 2.45) is 11.8 Å². The largest absolute Gasteiger partial charge is 0.465 e. The first kappa shape index (κ1) is 34.9. The summed E-state index contributed by atoms with van der Waals surface area (Å²) < 4.78 is 11.6. The van der Waals surface area contributed by atoms with Crippen molar-refractivity contribution in [2.45, 2.75) is 102 Å². The number of carbonyl (C=O) groups is 1. The molecule has 1 aliphatic carbocycles. The third-order valence-electron chi connectivity index (χ3n) is 9.52. The van der Waals surface area contributed by atoms with Gasteiger partial charge in [-0.1, -0.05) is 62.4 Å². The minimum Gasteiger partial charge on any atom is -0.465 e. The number of β-amino-alcohol motifs (C(OH)–C–C–N with tert-alkyl or cyclic N) is 1. The Balaban J connectivity index is 1.55. The van der Waals surface area contributed by atoms with E-state index in [0.29, 0.717) is 44.3 Å². The van der Waals surface area contributed by atoms with Crippen LogP contribution in [0.3, 0.4) is 0 Å². The molecule has 1 saturated carbocycles. The maximum Gasteiger partial charge on any atom is 0.407 e. The van der Waals surface area contributed by atoms with E-state index < -0.39 is 34.6 Å². The van der Waals surface area contributed by atoms with Gasteiger partial charge in [0.1, 0.15) is 11.4 Å². The van der Waals surface area contributed by atoms with Crippen LogP contribution >= 0.6 is 0 Å². The summed E-state index contributed by atoms with van der Waals surface area (Å²) in [6, 6.07) is 9.56. The van der Waals surface area contributed by atoms with Gasteiger partial charge in [0.2, 0.25) is 0 Å². The van der Waals surface area contributed by atoms with Gasteiger partial charge in [-0.2, -0.15) is 0 Å². The Bertz CT molecular complexity index is 1280. The van der Waals surface area contributed by atoms with Crippen molar-refractivity contribution in [3.8, 4) is 0 Å². The molecule has 2 aromatic rings. The Morgan fingerprint density at radius 3 is 2.40 bits per heavy atom. The average Bonchev–Trinajstić information content (AvgIpc) is 3.03. The molecule has 2 aliphatic rings. The van der Waals surface area contributed by atoms with Crippen molar-refractivity contribution in [3.05, 3.63) is 56.3 Å². The number of piperidine rings is 1. The smallest absolute Gasteiger partial charge is 0.407 e. The zero-order chi connectivity index (χ0) is 32.6. The number of amides is 1. The van der Waals surface area contributed by atoms with Gasteiger partial charge in [-0.15, -0.1) is 0 Å². The Morgan fingerprint density at radius 2 is 1.76 bits per heavy atom. The molecule has 1 heterocycles. The number of hydrogen-bond donors (Lipinski definition) is 3. The van der Waals surface area contributed by atoms with Gasteiger partial charge < -0.3 is 34.8 Å². The third kappa shape index (κ3) is 9.08. The van der Waals surface area contributed by atoms with Crippen molar-refractivity contribution in [2.75, 3.05) is 50.2 Å². The van der Waals surface area contributed by atoms with Crippen LogP contribution in [0, 0.1) is 11.8 Å². The second-order valence-electron chi connectivity index (χ2n) is 13.9. The van der Waals surface area contributed by atoms with Gasteiger partial charge in [-0.05, 0) is 57.9 Å². The molecule has 0 aromatic heterocycles. The number of rotatable bonds is 15. The van der Waals surface area contributed by atoms with Crippen molar-refractivity contribution in [1.29, 1.82) is 0 Å². The first-order valence-corrected chi connectivity index (χ1v) is 16.7. The van der Waals surface area contributed by atoms with Gasteiger partial charge >= 0.3 is 6.09 Å². The predicted octanol–water partition coefficient (Wildman–Crippen LogP) is 5.18. The maximum atomic E-state index is 13.1. The first-order valence-electron chi connectivity index (χ1n) is 16.7. The van der Waals surface area contributed by atoms with E-state index in [2.05, 4.69) is 17.4 Å². The molecule has 4 atom stereocenters. The SMILES string of the molecule is COCCCOC(c1ccccc1)C1CCCN(c2c(N[C@@H](CC3CCCCC3)[C@H](O)CN(C(=O)O)C(C)(C)C)c(=O)c2=O)C1. The van der Waals surface area contributed by atoms with Gasteiger partial charge in [-0.25, -0.2) is 4.79 Å². The van der Waals surface area contributed by atoms with Gasteiger partial charge in [0.05, 0.1) is 24.8 Å². The topological polar surface area (TPSA) is 129 Å². The average molecular weight is 628 g/mol. The van der Waals surface area contributed by atoms with Crippen LogP contribution in [0.4, 0.5) is 16.2 Å². The van der Waals surface area contributed by atoms with Crippen molar-refractivity contribution < 1.29 is 24.5 Å². The minimum absolute atomic E-state index is 0.0983. The van der Waals surface area contributed by atoms with Crippen LogP contribution in [-0.4, -0.2) is 78.8 Å². The summed E-state index contributed by atoms with van der Waals surface area (Å²) in [5.41, 5.74) is -0.0864. The lowest BCUT2D eigenvalue weighted by atomic mass is 9.83. The standard InChI is InChI=1S/C35H53N3O7/c1-35(2,3)38(34(42)43)23-28(39)27(21-24-13-7-5-8-14-24)36-29-30(32(41)31(29)40)37-18-11-17-26(22-37)33(45-20-12-19-44-4)25-15-9-6-10-16-25/h6,9-10,15-16,24,26-28,33,36,39H,5,7-8,11-14,17-23H2,1-4H3,(H,42,43)/t26?,27-,28+,33?/m0/s1. The van der Waals surface area contributed by atoms with E-state index in [4.69, 9.17) is 9.47 Å². The Kier molecular flexibility index (Phi) is 12.5. The first-order chi connectivity index (χ1) is 21.5. The second-order valence-corrected chi connectivity index (χ2v) is 13.9. The normalized spacial score (nSPS) is 20.1. The quantitative estimate of drug-likeness (QED) is 0.181. The summed E-state index contributed by atoms with van der Waals surface area (Å²) in [5, 5.41) is 24.7. The molecule has 45 heavy (non-hydrogen) atoms. The highest BCUT2D eigenvalue weighted by atomic mass is 16.5. The van der Waals surface area contributed by atoms with Crippen LogP contribution < -0.4 is 21.1 Å². The molecule has 2 fully saturated rings. The number of aliphatic hydroxyl groups excluding tert-OH is 1. The highest BCUT2D eigenvalue weighted by Crippen LogP contribution is 2.36. The fourth-order valence-corrected chi connectivity index (χ4v) is 7.07. The molecular formula is C35H53N3O7. The second kappa shape index (κ2) is 16.1. The van der Waals surface area contributed by atoms with E-state index in [1.165, 1.54) is 11.3 Å². The van der Waals surface area contributed by atoms with Crippen LogP contribution in [0.5, 0.6) is 0 Å². The van der Waals surface area contributed by atoms with Gasteiger partial charge in [0.25, 0.3) is 10.9 Å². The van der Waals surface area contributed by atoms with E-state index in [9.17, 15) is 24.6 Å². The fraction of sp³-hybridized carbons (Fsp3) is 0.686. The van der Waals surface area contributed by atoms with Gasteiger partial charge in [-0.3, -0.25) is 9.59 Å². The number of aliphatic hydroxyl groups is 1. The maximum absolute atomic E-state index is 13.1. The Hall–Kier alpha value is -2.95. The molecule has 0 bridgehead atoms. The summed E-state index contributed by atoms with van der Waals surface area (Å²) in [6.07, 6.45) is 6.32. The monoisotopic (exact) mass is 627 g/mol. The number of benzene rings is 1.